The van der Waals surface area contributed by atoms with Crippen LogP contribution in [0.4, 0.5) is 0 Å². The van der Waals surface area contributed by atoms with Gasteiger partial charge in [0.2, 0.25) is 0 Å². The monoisotopic (exact) mass is 373 g/mol. The van der Waals surface area contributed by atoms with Crippen molar-refractivity contribution < 1.29 is 59.7 Å². The number of hydrogen-bond acceptors (Lipinski definition) is 4. The van der Waals surface area contributed by atoms with Crippen LogP contribution < -0.4 is 0 Å². The first kappa shape index (κ1) is 30.0. The van der Waals surface area contributed by atoms with Crippen molar-refractivity contribution in [3.05, 3.63) is 0 Å². The molecule has 4 N–H and O–H groups in total. The van der Waals surface area contributed by atoms with Gasteiger partial charge in [-0.2, -0.15) is 0 Å². The van der Waals surface area contributed by atoms with Crippen LogP contribution in [0.1, 0.15) is 0 Å². The maximum atomic E-state index is 8.24. The Labute approximate surface area is 86.2 Å². The van der Waals surface area contributed by atoms with Crippen LogP contribution in [0.25, 0.3) is 0 Å². The summed E-state index contributed by atoms with van der Waals surface area (Å²) < 4.78 is 0. The van der Waals surface area contributed by atoms with Crippen molar-refractivity contribution in [1.29, 1.82) is 0 Å². The number of aliphatic hydroxyl groups excluding tert-OH is 4. The van der Waals surface area contributed by atoms with Crippen molar-refractivity contribution >= 4 is 25.9 Å². The normalized spacial score (nSPS) is 3.69. The Hall–Kier alpha value is -1.47. The zero-order valence-electron chi connectivity index (χ0n) is 5.76. The van der Waals surface area contributed by atoms with Crippen LogP contribution in [0.3, 0.4) is 0 Å². The molecule has 0 aliphatic carbocycles. The summed E-state index contributed by atoms with van der Waals surface area (Å²) in [5.41, 5.74) is 0. The summed E-state index contributed by atoms with van der Waals surface area (Å²) in [4.78, 5) is 32.9. The van der Waals surface area contributed by atoms with Crippen LogP contribution >= 0.6 is 0 Å². The van der Waals surface area contributed by atoms with Gasteiger partial charge in [0.15, 0.2) is 0 Å². The molecule has 0 saturated carbocycles. The minimum Gasteiger partial charge on any atom is -0.665 e. The smallest absolute Gasteiger partial charge is 0.665 e. The fraction of sp³-hybridized carbons (Fsp3) is 0. The molecule has 0 aromatic carbocycles. The molecular formula is C4H4IrO8. The molecule has 0 aromatic rings. The zero-order valence-corrected chi connectivity index (χ0v) is 8.15. The van der Waals surface area contributed by atoms with E-state index in [1.165, 1.54) is 0 Å². The van der Waals surface area contributed by atoms with Gasteiger partial charge in [0.05, 0.1) is 0 Å². The van der Waals surface area contributed by atoms with Crippen molar-refractivity contribution in [1.82, 2.24) is 0 Å². The van der Waals surface area contributed by atoms with Crippen LogP contribution in [0.15, 0.2) is 0 Å². The van der Waals surface area contributed by atoms with E-state index in [1.807, 2.05) is 0 Å². The van der Waals surface area contributed by atoms with E-state index in [2.05, 4.69) is 0 Å². The quantitative estimate of drug-likeness (QED) is 0.373. The topological polar surface area (TPSA) is 149 Å². The molecule has 77 valence electrons. The summed E-state index contributed by atoms with van der Waals surface area (Å²) >= 11 is 0. The van der Waals surface area contributed by atoms with E-state index >= 15 is 0 Å². The van der Waals surface area contributed by atoms with Crippen molar-refractivity contribution in [3.8, 4) is 0 Å². The van der Waals surface area contributed by atoms with Gasteiger partial charge in [0, 0.05) is 0 Å². The molecule has 1 radical (unpaired) electrons. The van der Waals surface area contributed by atoms with Gasteiger partial charge in [-0.1, -0.05) is 25.9 Å². The summed E-state index contributed by atoms with van der Waals surface area (Å²) in [7, 11) is 0. The average Bonchev–Trinajstić information content (AvgIpc) is 1.92. The predicted octanol–water partition coefficient (Wildman–Crippen LogP) is -1.56. The van der Waals surface area contributed by atoms with Gasteiger partial charge in [0.25, 0.3) is 0 Å². The van der Waals surface area contributed by atoms with E-state index in [0.29, 0.717) is 25.9 Å². The Morgan fingerprint density at radius 3 is 0.538 bits per heavy atom. The maximum Gasteiger partial charge on any atom is 4.00 e. The second-order valence-electron chi connectivity index (χ2n) is 0.365. The van der Waals surface area contributed by atoms with Crippen molar-refractivity contribution in [2.45, 2.75) is 0 Å². The number of hydrogen-bond donors (Lipinski definition) is 4. The summed E-state index contributed by atoms with van der Waals surface area (Å²) in [5, 5.41) is 27.1. The molecule has 0 rings (SSSR count). The Kier molecular flexibility index (Phi) is 345. The average molecular weight is 372 g/mol. The van der Waals surface area contributed by atoms with E-state index < -0.39 is 0 Å². The minimum absolute atomic E-state index is 0. The van der Waals surface area contributed by atoms with E-state index in [1.54, 1.807) is 0 Å². The molecule has 0 bridgehead atoms. The van der Waals surface area contributed by atoms with E-state index in [-0.39, 0.29) is 20.1 Å². The van der Waals surface area contributed by atoms with Gasteiger partial charge in [-0.05, 0) is 0 Å². The molecule has 0 amide bonds. The maximum absolute atomic E-state index is 8.24. The second-order valence-corrected chi connectivity index (χ2v) is 0.365. The van der Waals surface area contributed by atoms with E-state index in [9.17, 15) is 0 Å². The SMILES string of the molecule is O=[C-]O.O=[C-]O.O=[C-]O.O=[C-]O.[Ir+4]. The molecule has 0 aliphatic heterocycles. The molecule has 9 heteroatoms. The van der Waals surface area contributed by atoms with Gasteiger partial charge >= 0.3 is 20.1 Å². The third-order valence-electron chi connectivity index (χ3n) is 0. The van der Waals surface area contributed by atoms with Gasteiger partial charge in [-0.25, -0.2) is 0 Å². The van der Waals surface area contributed by atoms with Crippen LogP contribution in [-0.4, -0.2) is 46.3 Å². The summed E-state index contributed by atoms with van der Waals surface area (Å²) in [6, 6.07) is 0. The van der Waals surface area contributed by atoms with Gasteiger partial charge in [0.1, 0.15) is 0 Å². The largest absolute Gasteiger partial charge is 4.00 e. The summed E-state index contributed by atoms with van der Waals surface area (Å²) in [6.07, 6.45) is 0. The van der Waals surface area contributed by atoms with Crippen LogP contribution in [0.2, 0.25) is 0 Å². The van der Waals surface area contributed by atoms with E-state index in [4.69, 9.17) is 39.6 Å². The minimum atomic E-state index is 0. The standard InChI is InChI=1S/4CHO2.Ir/c4*2-1-3;/h4*(H,2,3);/q4*-1;+4. The van der Waals surface area contributed by atoms with E-state index in [0.717, 1.165) is 0 Å². The molecule has 0 atom stereocenters. The van der Waals surface area contributed by atoms with Crippen molar-refractivity contribution in [2.24, 2.45) is 0 Å². The van der Waals surface area contributed by atoms with Crippen molar-refractivity contribution in [2.75, 3.05) is 0 Å². The molecule has 0 heterocycles. The Balaban J connectivity index is -0.0000000213. The van der Waals surface area contributed by atoms with Gasteiger partial charge < -0.3 is 39.6 Å². The first-order chi connectivity index (χ1) is 5.66. The Bertz CT molecular complexity index is 70.1. The van der Waals surface area contributed by atoms with Crippen LogP contribution in [0.5, 0.6) is 0 Å². The third kappa shape index (κ3) is 354. The second kappa shape index (κ2) is 149. The first-order valence-corrected chi connectivity index (χ1v) is 1.71. The first-order valence-electron chi connectivity index (χ1n) is 1.71. The summed E-state index contributed by atoms with van der Waals surface area (Å²) in [6.45, 7) is 2.00. The fourth-order valence-electron chi connectivity index (χ4n) is 0. The molecule has 0 spiro atoms. The van der Waals surface area contributed by atoms with Gasteiger partial charge in [-0.3, -0.25) is 0 Å². The van der Waals surface area contributed by atoms with Crippen molar-refractivity contribution in [3.63, 3.8) is 0 Å². The molecule has 8 nitrogen and oxygen atoms in total. The molecule has 0 aromatic heterocycles. The summed E-state index contributed by atoms with van der Waals surface area (Å²) in [5.74, 6) is 0. The molecular weight excluding hydrogens is 368 g/mol. The Morgan fingerprint density at radius 1 is 0.538 bits per heavy atom. The molecule has 0 unspecified atom stereocenters. The Morgan fingerprint density at radius 2 is 0.538 bits per heavy atom. The molecule has 0 aliphatic rings. The molecule has 0 saturated heterocycles. The zero-order chi connectivity index (χ0) is 10.8. The number of rotatable bonds is 0. The van der Waals surface area contributed by atoms with Crippen LogP contribution in [0, 0.1) is 0 Å². The van der Waals surface area contributed by atoms with Crippen LogP contribution in [-0.2, 0) is 39.3 Å². The third-order valence-corrected chi connectivity index (χ3v) is 0. The molecule has 0 fully saturated rings. The molecule has 13 heavy (non-hydrogen) atoms. The fourth-order valence-corrected chi connectivity index (χ4v) is 0. The van der Waals surface area contributed by atoms with Gasteiger partial charge in [-0.15, -0.1) is 0 Å². The predicted molar refractivity (Wildman–Crippen MR) is 33.3 cm³/mol.